The molecule has 3 rings (SSSR count). The lowest BCUT2D eigenvalue weighted by atomic mass is 9.93. The molecule has 0 bridgehead atoms. The lowest BCUT2D eigenvalue weighted by Crippen LogP contribution is -2.38. The number of halogens is 1. The minimum atomic E-state index is -0.477. The number of hydrogen-bond acceptors (Lipinski definition) is 3. The van der Waals surface area contributed by atoms with Gasteiger partial charge in [0.05, 0.1) is 22.2 Å². The molecule has 0 aliphatic heterocycles. The molecule has 1 heterocycles. The van der Waals surface area contributed by atoms with Crippen LogP contribution in [0.4, 0.5) is 4.39 Å². The zero-order chi connectivity index (χ0) is 16.8. The highest BCUT2D eigenvalue weighted by Gasteiger charge is 2.53. The zero-order valence-corrected chi connectivity index (χ0v) is 14.7. The van der Waals surface area contributed by atoms with Crippen LogP contribution in [0.15, 0.2) is 24.3 Å². The highest BCUT2D eigenvalue weighted by atomic mass is 32.1. The molecule has 3 nitrogen and oxygen atoms in total. The molecular formula is C18H21FN2OS. The molecular weight excluding hydrogens is 311 g/mol. The maximum Gasteiger partial charge on any atom is 0.233 e. The van der Waals surface area contributed by atoms with E-state index < -0.39 is 5.41 Å². The fourth-order valence-corrected chi connectivity index (χ4v) is 4.06. The van der Waals surface area contributed by atoms with Gasteiger partial charge >= 0.3 is 0 Å². The monoisotopic (exact) mass is 332 g/mol. The van der Waals surface area contributed by atoms with E-state index in [1.807, 2.05) is 27.8 Å². The quantitative estimate of drug-likeness (QED) is 0.842. The number of thiazole rings is 1. The van der Waals surface area contributed by atoms with E-state index in [9.17, 15) is 9.18 Å². The third-order valence-corrected chi connectivity index (χ3v) is 5.69. The minimum Gasteiger partial charge on any atom is -0.337 e. The van der Waals surface area contributed by atoms with Crippen molar-refractivity contribution in [2.45, 2.75) is 45.1 Å². The number of likely N-dealkylation sites (N-methyl/N-ethyl adjacent to an activating group) is 1. The fourth-order valence-electron chi connectivity index (χ4n) is 3.15. The second-order valence-corrected chi connectivity index (χ2v) is 7.76. The molecule has 1 aromatic carbocycles. The van der Waals surface area contributed by atoms with Gasteiger partial charge < -0.3 is 4.90 Å². The molecule has 122 valence electrons. The SMILES string of the molecule is Cc1nc([C@@H](C)N(C)C(=O)C2(c3ccc(F)cc3)CC2)c(C)s1. The molecule has 1 aromatic heterocycles. The van der Waals surface area contributed by atoms with Crippen LogP contribution in [0.5, 0.6) is 0 Å². The zero-order valence-electron chi connectivity index (χ0n) is 13.9. The molecule has 1 aliphatic carbocycles. The molecule has 1 saturated carbocycles. The normalized spacial score (nSPS) is 16.9. The summed E-state index contributed by atoms with van der Waals surface area (Å²) >= 11 is 1.66. The van der Waals surface area contributed by atoms with E-state index >= 15 is 0 Å². The predicted octanol–water partition coefficient (Wildman–Crippen LogP) is 4.15. The first-order valence-corrected chi connectivity index (χ1v) is 8.64. The van der Waals surface area contributed by atoms with Crippen LogP contribution in [0.2, 0.25) is 0 Å². The van der Waals surface area contributed by atoms with Gasteiger partial charge in [-0.15, -0.1) is 11.3 Å². The summed E-state index contributed by atoms with van der Waals surface area (Å²) in [6, 6.07) is 6.26. The van der Waals surface area contributed by atoms with E-state index in [2.05, 4.69) is 4.98 Å². The number of carbonyl (C=O) groups is 1. The Bertz CT molecular complexity index is 734. The van der Waals surface area contributed by atoms with Gasteiger partial charge in [-0.05, 0) is 51.3 Å². The van der Waals surface area contributed by atoms with Gasteiger partial charge in [-0.25, -0.2) is 9.37 Å². The summed E-state index contributed by atoms with van der Waals surface area (Å²) in [4.78, 5) is 20.6. The Morgan fingerprint density at radius 2 is 1.91 bits per heavy atom. The van der Waals surface area contributed by atoms with Crippen molar-refractivity contribution in [2.75, 3.05) is 7.05 Å². The first kappa shape index (κ1) is 16.1. The van der Waals surface area contributed by atoms with Crippen LogP contribution in [0.1, 0.15) is 46.9 Å². The summed E-state index contributed by atoms with van der Waals surface area (Å²) in [6.45, 7) is 6.04. The molecule has 1 amide bonds. The van der Waals surface area contributed by atoms with Crippen LogP contribution in [0.25, 0.3) is 0 Å². The standard InChI is InChI=1S/C18H21FN2OS/c1-11(16-12(2)23-13(3)20-16)21(4)17(22)18(9-10-18)14-5-7-15(19)8-6-14/h5-8,11H,9-10H2,1-4H3/t11-/m1/s1. The van der Waals surface area contributed by atoms with Gasteiger partial charge in [0.2, 0.25) is 5.91 Å². The molecule has 1 fully saturated rings. The van der Waals surface area contributed by atoms with Crippen molar-refractivity contribution in [2.24, 2.45) is 0 Å². The van der Waals surface area contributed by atoms with Crippen molar-refractivity contribution in [3.8, 4) is 0 Å². The number of aromatic nitrogens is 1. The Hall–Kier alpha value is -1.75. The van der Waals surface area contributed by atoms with E-state index in [-0.39, 0.29) is 17.8 Å². The first-order chi connectivity index (χ1) is 10.8. The van der Waals surface area contributed by atoms with Crippen molar-refractivity contribution in [1.82, 2.24) is 9.88 Å². The second kappa shape index (κ2) is 5.71. The van der Waals surface area contributed by atoms with E-state index in [1.54, 1.807) is 28.4 Å². The van der Waals surface area contributed by atoms with Crippen molar-refractivity contribution in [3.63, 3.8) is 0 Å². The van der Waals surface area contributed by atoms with Crippen molar-refractivity contribution < 1.29 is 9.18 Å². The third-order valence-electron chi connectivity index (χ3n) is 4.79. The van der Waals surface area contributed by atoms with Crippen LogP contribution in [-0.4, -0.2) is 22.8 Å². The molecule has 0 saturated heterocycles. The molecule has 23 heavy (non-hydrogen) atoms. The third kappa shape index (κ3) is 2.78. The molecule has 0 unspecified atom stereocenters. The number of rotatable bonds is 4. The van der Waals surface area contributed by atoms with Gasteiger partial charge in [0, 0.05) is 11.9 Å². The molecule has 0 spiro atoms. The van der Waals surface area contributed by atoms with Crippen molar-refractivity contribution in [3.05, 3.63) is 51.2 Å². The smallest absolute Gasteiger partial charge is 0.233 e. The summed E-state index contributed by atoms with van der Waals surface area (Å²) in [7, 11) is 1.84. The van der Waals surface area contributed by atoms with E-state index in [4.69, 9.17) is 0 Å². The minimum absolute atomic E-state index is 0.0645. The van der Waals surface area contributed by atoms with Crippen LogP contribution < -0.4 is 0 Å². The summed E-state index contributed by atoms with van der Waals surface area (Å²) in [5, 5.41) is 1.02. The average Bonchev–Trinajstić information content (AvgIpc) is 3.26. The number of carbonyl (C=O) groups excluding carboxylic acids is 1. The van der Waals surface area contributed by atoms with Crippen LogP contribution in [-0.2, 0) is 10.2 Å². The molecule has 1 aliphatic rings. The van der Waals surface area contributed by atoms with E-state index in [0.29, 0.717) is 0 Å². The van der Waals surface area contributed by atoms with Crippen LogP contribution >= 0.6 is 11.3 Å². The Labute approximate surface area is 140 Å². The molecule has 0 radical (unpaired) electrons. The number of hydrogen-bond donors (Lipinski definition) is 0. The molecule has 2 aromatic rings. The van der Waals surface area contributed by atoms with E-state index in [0.717, 1.165) is 34.0 Å². The number of nitrogens with zero attached hydrogens (tertiary/aromatic N) is 2. The van der Waals surface area contributed by atoms with Gasteiger partial charge in [0.25, 0.3) is 0 Å². The summed E-state index contributed by atoms with van der Waals surface area (Å²) in [5.74, 6) is -0.172. The highest BCUT2D eigenvalue weighted by Crippen LogP contribution is 2.50. The predicted molar refractivity (Wildman–Crippen MR) is 90.1 cm³/mol. The Balaban J connectivity index is 1.84. The van der Waals surface area contributed by atoms with Gasteiger partial charge in [0.1, 0.15) is 5.82 Å². The van der Waals surface area contributed by atoms with Crippen LogP contribution in [0.3, 0.4) is 0 Å². The van der Waals surface area contributed by atoms with Crippen molar-refractivity contribution >= 4 is 17.2 Å². The van der Waals surface area contributed by atoms with Crippen molar-refractivity contribution in [1.29, 1.82) is 0 Å². The molecule has 5 heteroatoms. The lowest BCUT2D eigenvalue weighted by Gasteiger charge is -2.29. The maximum atomic E-state index is 13.1. The topological polar surface area (TPSA) is 33.2 Å². The lowest BCUT2D eigenvalue weighted by molar-refractivity contribution is -0.134. The van der Waals surface area contributed by atoms with Gasteiger partial charge in [-0.3, -0.25) is 4.79 Å². The summed E-state index contributed by atoms with van der Waals surface area (Å²) in [6.07, 6.45) is 1.65. The average molecular weight is 332 g/mol. The summed E-state index contributed by atoms with van der Waals surface area (Å²) in [5.41, 5.74) is 1.41. The highest BCUT2D eigenvalue weighted by molar-refractivity contribution is 7.11. The molecule has 0 N–H and O–H groups in total. The fraction of sp³-hybridized carbons (Fsp3) is 0.444. The van der Waals surface area contributed by atoms with E-state index in [1.165, 1.54) is 12.1 Å². The number of aryl methyl sites for hydroxylation is 2. The van der Waals surface area contributed by atoms with Gasteiger partial charge in [-0.1, -0.05) is 12.1 Å². The second-order valence-electron chi connectivity index (χ2n) is 6.36. The number of benzene rings is 1. The van der Waals surface area contributed by atoms with Crippen LogP contribution in [0, 0.1) is 19.7 Å². The maximum absolute atomic E-state index is 13.1. The van der Waals surface area contributed by atoms with Gasteiger partial charge in [-0.2, -0.15) is 0 Å². The first-order valence-electron chi connectivity index (χ1n) is 7.82. The largest absolute Gasteiger partial charge is 0.337 e. The Kier molecular flexibility index (Phi) is 4.00. The van der Waals surface area contributed by atoms with Gasteiger partial charge in [0.15, 0.2) is 0 Å². The Morgan fingerprint density at radius 1 is 1.30 bits per heavy atom. The Morgan fingerprint density at radius 3 is 2.39 bits per heavy atom. The molecule has 1 atom stereocenters. The number of amides is 1. The summed E-state index contributed by atoms with van der Waals surface area (Å²) < 4.78 is 13.1.